The number of aromatic nitrogens is 4. The number of hydrogen-bond donors (Lipinski definition) is 2. The molecule has 8 aromatic rings. The standard InChI is InChI=1S/C72H72N4/c1-15-55-43(5)67-65(51-34-30-48(31-35-51)29-33-50-37-36-49(59-26-22-23-27-60(50)59)32-28-47-24-20-19-21-25-47)68-44(6)56(16-2)62(74-68)42-64-58(18-4)46(8)70(76-64)66(69-45(7)57(17-3)63(75-69)41-61(55)73-67)52-38-53(71(9,10)11)40-54(39-52)72(12,13)14/h19-27,30-31,34-42,75-76H,15-18H2,1-14H3. The van der Waals surface area contributed by atoms with Gasteiger partial charge in [-0.3, -0.25) is 0 Å². The van der Waals surface area contributed by atoms with Gasteiger partial charge in [0.2, 0.25) is 0 Å². The van der Waals surface area contributed by atoms with Crippen LogP contribution in [0.5, 0.6) is 0 Å². The maximum absolute atomic E-state index is 5.70. The Labute approximate surface area is 451 Å². The lowest BCUT2D eigenvalue weighted by Crippen LogP contribution is -2.16. The number of rotatable bonds is 6. The number of nitrogens with one attached hydrogen (secondary N) is 2. The van der Waals surface area contributed by atoms with E-state index in [2.05, 4.69) is 222 Å². The molecular weight excluding hydrogens is 921 g/mol. The van der Waals surface area contributed by atoms with Gasteiger partial charge in [0.15, 0.2) is 0 Å². The molecule has 2 aliphatic rings. The Kier molecular flexibility index (Phi) is 13.8. The number of hydrogen-bond acceptors (Lipinski definition) is 2. The van der Waals surface area contributed by atoms with E-state index in [9.17, 15) is 0 Å². The number of allylic oxidation sites excluding steroid dienone is 4. The number of fused-ring (bicyclic) bond motifs is 9. The highest BCUT2D eigenvalue weighted by molar-refractivity contribution is 6.04. The monoisotopic (exact) mass is 993 g/mol. The first kappa shape index (κ1) is 51.6. The normalized spacial score (nSPS) is 12.8. The first-order chi connectivity index (χ1) is 36.4. The number of aromatic amines is 2. The number of nitrogens with zero attached hydrogens (tertiary/aromatic N) is 2. The molecule has 0 aliphatic carbocycles. The average Bonchev–Trinajstić information content (AvgIpc) is 4.10. The predicted molar refractivity (Wildman–Crippen MR) is 325 cm³/mol. The molecule has 2 N–H and O–H groups in total. The van der Waals surface area contributed by atoms with Gasteiger partial charge in [-0.2, -0.15) is 0 Å². The van der Waals surface area contributed by atoms with Gasteiger partial charge in [0.25, 0.3) is 0 Å². The van der Waals surface area contributed by atoms with E-state index in [0.717, 1.165) is 115 Å². The molecule has 380 valence electrons. The minimum Gasteiger partial charge on any atom is -0.354 e. The largest absolute Gasteiger partial charge is 0.354 e. The highest BCUT2D eigenvalue weighted by atomic mass is 14.8. The van der Waals surface area contributed by atoms with E-state index in [1.807, 2.05) is 30.3 Å². The van der Waals surface area contributed by atoms with Gasteiger partial charge >= 0.3 is 0 Å². The summed E-state index contributed by atoms with van der Waals surface area (Å²) in [4.78, 5) is 19.6. The second-order valence-electron chi connectivity index (χ2n) is 22.8. The molecule has 0 radical (unpaired) electrons. The fourth-order valence-electron chi connectivity index (χ4n) is 11.6. The van der Waals surface area contributed by atoms with Crippen molar-refractivity contribution >= 4 is 55.1 Å². The maximum Gasteiger partial charge on any atom is 0.0769 e. The third-order valence-corrected chi connectivity index (χ3v) is 16.0. The summed E-state index contributed by atoms with van der Waals surface area (Å²) in [5.41, 5.74) is 29.5. The zero-order valence-corrected chi connectivity index (χ0v) is 47.3. The molecule has 8 bridgehead atoms. The van der Waals surface area contributed by atoms with Gasteiger partial charge in [-0.25, -0.2) is 9.97 Å². The Hall–Kier alpha value is -7.92. The number of aryl methyl sites for hydroxylation is 4. The highest BCUT2D eigenvalue weighted by Crippen LogP contribution is 2.45. The van der Waals surface area contributed by atoms with Crippen LogP contribution in [0.25, 0.3) is 77.4 Å². The van der Waals surface area contributed by atoms with Gasteiger partial charge in [-0.05, 0) is 190 Å². The fraction of sp³-hybridized carbons (Fsp3) is 0.278. The molecule has 5 heterocycles. The zero-order valence-electron chi connectivity index (χ0n) is 47.3. The predicted octanol–water partition coefficient (Wildman–Crippen LogP) is 18.6. The van der Waals surface area contributed by atoms with Crippen LogP contribution in [-0.4, -0.2) is 19.9 Å². The van der Waals surface area contributed by atoms with Crippen molar-refractivity contribution in [3.63, 3.8) is 0 Å². The summed E-state index contributed by atoms with van der Waals surface area (Å²) < 4.78 is 0. The molecule has 0 saturated carbocycles. The van der Waals surface area contributed by atoms with Crippen molar-refractivity contribution in [1.82, 2.24) is 19.9 Å². The summed E-state index contributed by atoms with van der Waals surface area (Å²) in [6.45, 7) is 32.2. The Bertz CT molecular complexity index is 3860. The third-order valence-electron chi connectivity index (χ3n) is 16.0. The van der Waals surface area contributed by atoms with Crippen LogP contribution in [0.4, 0.5) is 0 Å². The van der Waals surface area contributed by atoms with Crippen molar-refractivity contribution in [2.24, 2.45) is 0 Å². The molecule has 5 aromatic carbocycles. The SMILES string of the molecule is CCC1=C(C)c2nc1cc1[nH]c(c(C)c1CC)c(-c1cc(C(C)(C)C)cc(C(C)(C)C)c1)c1[nH]c(cc3nc(c2-c2ccc(C#Cc4ccc(C#Cc5ccccc5)c5ccccc45)cc2)C(C)=C3CC)c(CC)c1C. The van der Waals surface area contributed by atoms with Crippen LogP contribution < -0.4 is 0 Å². The summed E-state index contributed by atoms with van der Waals surface area (Å²) >= 11 is 0. The molecule has 2 aliphatic heterocycles. The van der Waals surface area contributed by atoms with Crippen LogP contribution in [0, 0.1) is 37.5 Å². The van der Waals surface area contributed by atoms with Crippen LogP contribution in [-0.2, 0) is 23.7 Å². The molecule has 4 heteroatoms. The lowest BCUT2D eigenvalue weighted by atomic mass is 9.78. The summed E-state index contributed by atoms with van der Waals surface area (Å²) in [5.74, 6) is 13.8. The van der Waals surface area contributed by atoms with E-state index in [1.165, 1.54) is 66.8 Å². The highest BCUT2D eigenvalue weighted by Gasteiger charge is 2.28. The lowest BCUT2D eigenvalue weighted by molar-refractivity contribution is 0.569. The van der Waals surface area contributed by atoms with Crippen LogP contribution in [0.1, 0.15) is 174 Å². The van der Waals surface area contributed by atoms with Gasteiger partial charge in [-0.15, -0.1) is 0 Å². The quantitative estimate of drug-likeness (QED) is 0.163. The topological polar surface area (TPSA) is 57.4 Å². The van der Waals surface area contributed by atoms with Gasteiger partial charge in [-0.1, -0.05) is 166 Å². The molecule has 76 heavy (non-hydrogen) atoms. The molecule has 0 unspecified atom stereocenters. The van der Waals surface area contributed by atoms with Gasteiger partial charge in [0.05, 0.1) is 33.8 Å². The van der Waals surface area contributed by atoms with Gasteiger partial charge in [0.1, 0.15) is 0 Å². The van der Waals surface area contributed by atoms with Crippen LogP contribution >= 0.6 is 0 Å². The molecule has 4 nitrogen and oxygen atoms in total. The van der Waals surface area contributed by atoms with Crippen LogP contribution in [0.15, 0.2) is 121 Å². The molecule has 3 aromatic heterocycles. The molecule has 0 saturated heterocycles. The van der Waals surface area contributed by atoms with E-state index in [4.69, 9.17) is 9.97 Å². The van der Waals surface area contributed by atoms with Crippen molar-refractivity contribution < 1.29 is 0 Å². The third kappa shape index (κ3) is 9.45. The Balaban J connectivity index is 1.22. The minimum absolute atomic E-state index is 0.0500. The molecular formula is C72H72N4. The molecule has 10 rings (SSSR count). The van der Waals surface area contributed by atoms with E-state index in [0.29, 0.717) is 0 Å². The molecule has 0 atom stereocenters. The first-order valence-electron chi connectivity index (χ1n) is 27.5. The maximum atomic E-state index is 5.70. The van der Waals surface area contributed by atoms with Crippen LogP contribution in [0.3, 0.4) is 0 Å². The smallest absolute Gasteiger partial charge is 0.0769 e. The first-order valence-corrected chi connectivity index (χ1v) is 27.5. The lowest BCUT2D eigenvalue weighted by Gasteiger charge is -2.26. The van der Waals surface area contributed by atoms with Gasteiger partial charge < -0.3 is 9.97 Å². The van der Waals surface area contributed by atoms with E-state index >= 15 is 0 Å². The van der Waals surface area contributed by atoms with E-state index in [1.54, 1.807) is 0 Å². The molecule has 0 spiro atoms. The van der Waals surface area contributed by atoms with Crippen molar-refractivity contribution in [3.8, 4) is 45.9 Å². The van der Waals surface area contributed by atoms with Crippen molar-refractivity contribution in [3.05, 3.63) is 200 Å². The Morgan fingerprint density at radius 1 is 0.434 bits per heavy atom. The zero-order chi connectivity index (χ0) is 53.8. The number of H-pyrrole nitrogens is 2. The van der Waals surface area contributed by atoms with Crippen LogP contribution in [0.2, 0.25) is 0 Å². The summed E-state index contributed by atoms with van der Waals surface area (Å²) in [6.07, 6.45) is 3.45. The van der Waals surface area contributed by atoms with E-state index in [-0.39, 0.29) is 10.8 Å². The fourth-order valence-corrected chi connectivity index (χ4v) is 11.6. The van der Waals surface area contributed by atoms with Crippen molar-refractivity contribution in [2.75, 3.05) is 0 Å². The van der Waals surface area contributed by atoms with Crippen molar-refractivity contribution in [2.45, 2.75) is 133 Å². The summed E-state index contributed by atoms with van der Waals surface area (Å²) in [7, 11) is 0. The van der Waals surface area contributed by atoms with Gasteiger partial charge in [0, 0.05) is 44.4 Å². The Morgan fingerprint density at radius 3 is 1.29 bits per heavy atom. The average molecular weight is 993 g/mol. The summed E-state index contributed by atoms with van der Waals surface area (Å²) in [6, 6.07) is 43.5. The number of benzene rings is 5. The molecule has 0 fully saturated rings. The molecule has 0 amide bonds. The second kappa shape index (κ2) is 20.3. The Morgan fingerprint density at radius 2 is 0.868 bits per heavy atom. The second-order valence-corrected chi connectivity index (χ2v) is 22.8. The van der Waals surface area contributed by atoms with Crippen molar-refractivity contribution in [1.29, 1.82) is 0 Å². The summed E-state index contributed by atoms with van der Waals surface area (Å²) in [5, 5.41) is 2.19. The minimum atomic E-state index is -0.0500. The van der Waals surface area contributed by atoms with E-state index < -0.39 is 0 Å².